The van der Waals surface area contributed by atoms with Gasteiger partial charge in [0.1, 0.15) is 5.82 Å². The minimum absolute atomic E-state index is 0.108. The van der Waals surface area contributed by atoms with Gasteiger partial charge in [0.05, 0.1) is 10.9 Å². The molecule has 0 radical (unpaired) electrons. The van der Waals surface area contributed by atoms with Crippen LogP contribution in [-0.4, -0.2) is 9.97 Å². The molecule has 1 aromatic carbocycles. The Morgan fingerprint density at radius 1 is 1.11 bits per heavy atom. The molecular weight excluding hydrogens is 231 g/mol. The van der Waals surface area contributed by atoms with E-state index in [0.29, 0.717) is 16.5 Å². The van der Waals surface area contributed by atoms with Gasteiger partial charge in [-0.2, -0.15) is 0 Å². The molecule has 0 bridgehead atoms. The highest BCUT2D eigenvalue weighted by atomic mass is 19.1. The minimum atomic E-state index is -0.322. The van der Waals surface area contributed by atoms with Crippen molar-refractivity contribution >= 4 is 10.9 Å². The van der Waals surface area contributed by atoms with Crippen LogP contribution < -0.4 is 5.43 Å². The minimum Gasteiger partial charge on any atom is -0.360 e. The predicted octanol–water partition coefficient (Wildman–Crippen LogP) is 2.73. The SMILES string of the molecule is O=c1c(-c2ccc(F)cc2)c[nH]c2ccncc12. The monoisotopic (exact) mass is 240 g/mol. The van der Waals surface area contributed by atoms with Crippen molar-refractivity contribution in [3.05, 3.63) is 65.0 Å². The van der Waals surface area contributed by atoms with Gasteiger partial charge in [-0.1, -0.05) is 12.1 Å². The highest BCUT2D eigenvalue weighted by molar-refractivity contribution is 5.82. The maximum atomic E-state index is 12.9. The van der Waals surface area contributed by atoms with Crippen LogP contribution in [0, 0.1) is 5.82 Å². The summed E-state index contributed by atoms with van der Waals surface area (Å²) in [4.78, 5) is 19.2. The van der Waals surface area contributed by atoms with Crippen molar-refractivity contribution < 1.29 is 4.39 Å². The fourth-order valence-electron chi connectivity index (χ4n) is 1.91. The number of H-pyrrole nitrogens is 1. The molecule has 18 heavy (non-hydrogen) atoms. The van der Waals surface area contributed by atoms with Crippen LogP contribution >= 0.6 is 0 Å². The highest BCUT2D eigenvalue weighted by Gasteiger charge is 2.07. The first kappa shape index (κ1) is 10.7. The zero-order valence-electron chi connectivity index (χ0n) is 9.35. The Balaban J connectivity index is 2.27. The number of rotatable bonds is 1. The summed E-state index contributed by atoms with van der Waals surface area (Å²) in [5.74, 6) is -0.322. The molecule has 1 N–H and O–H groups in total. The molecule has 0 amide bonds. The Kier molecular flexibility index (Phi) is 2.41. The topological polar surface area (TPSA) is 45.8 Å². The van der Waals surface area contributed by atoms with Gasteiger partial charge >= 0.3 is 0 Å². The smallest absolute Gasteiger partial charge is 0.198 e. The average Bonchev–Trinajstić information content (AvgIpc) is 2.41. The van der Waals surface area contributed by atoms with E-state index in [1.807, 2.05) is 0 Å². The van der Waals surface area contributed by atoms with E-state index < -0.39 is 0 Å². The summed E-state index contributed by atoms with van der Waals surface area (Å²) in [5, 5.41) is 0.527. The lowest BCUT2D eigenvalue weighted by molar-refractivity contribution is 0.628. The predicted molar refractivity (Wildman–Crippen MR) is 67.8 cm³/mol. The second-order valence-corrected chi connectivity index (χ2v) is 3.96. The third-order valence-corrected chi connectivity index (χ3v) is 2.84. The molecule has 3 nitrogen and oxygen atoms in total. The van der Waals surface area contributed by atoms with Crippen molar-refractivity contribution in [3.8, 4) is 11.1 Å². The van der Waals surface area contributed by atoms with Crippen LogP contribution in [0.1, 0.15) is 0 Å². The number of benzene rings is 1. The lowest BCUT2D eigenvalue weighted by Gasteiger charge is -2.03. The quantitative estimate of drug-likeness (QED) is 0.710. The first-order valence-corrected chi connectivity index (χ1v) is 5.47. The Labute approximate surface area is 102 Å². The van der Waals surface area contributed by atoms with Crippen molar-refractivity contribution in [1.82, 2.24) is 9.97 Å². The van der Waals surface area contributed by atoms with Crippen LogP contribution in [0.15, 0.2) is 53.7 Å². The third kappa shape index (κ3) is 1.68. The van der Waals surface area contributed by atoms with Crippen molar-refractivity contribution in [1.29, 1.82) is 0 Å². The lowest BCUT2D eigenvalue weighted by Crippen LogP contribution is -2.06. The van der Waals surface area contributed by atoms with E-state index in [2.05, 4.69) is 9.97 Å². The number of halogens is 1. The molecule has 0 unspecified atom stereocenters. The van der Waals surface area contributed by atoms with Gasteiger partial charge in [-0.25, -0.2) is 4.39 Å². The van der Waals surface area contributed by atoms with E-state index in [1.165, 1.54) is 18.3 Å². The summed E-state index contributed by atoms with van der Waals surface area (Å²) in [6.45, 7) is 0. The van der Waals surface area contributed by atoms with Gasteiger partial charge in [-0.15, -0.1) is 0 Å². The number of hydrogen-bond acceptors (Lipinski definition) is 2. The number of hydrogen-bond donors (Lipinski definition) is 1. The molecule has 0 fully saturated rings. The molecule has 0 aliphatic rings. The largest absolute Gasteiger partial charge is 0.360 e. The number of nitrogens with one attached hydrogen (secondary N) is 1. The highest BCUT2D eigenvalue weighted by Crippen LogP contribution is 2.17. The van der Waals surface area contributed by atoms with Crippen LogP contribution in [0.25, 0.3) is 22.0 Å². The summed E-state index contributed by atoms with van der Waals surface area (Å²) >= 11 is 0. The van der Waals surface area contributed by atoms with Crippen LogP contribution in [-0.2, 0) is 0 Å². The van der Waals surface area contributed by atoms with Crippen LogP contribution in [0.5, 0.6) is 0 Å². The second kappa shape index (κ2) is 4.07. The summed E-state index contributed by atoms with van der Waals surface area (Å²) in [7, 11) is 0. The van der Waals surface area contributed by atoms with Gasteiger partial charge in [0.15, 0.2) is 5.43 Å². The maximum absolute atomic E-state index is 12.9. The Bertz CT molecular complexity index is 763. The van der Waals surface area contributed by atoms with Gasteiger partial charge < -0.3 is 4.98 Å². The first-order chi connectivity index (χ1) is 8.75. The third-order valence-electron chi connectivity index (χ3n) is 2.84. The van der Waals surface area contributed by atoms with Gasteiger partial charge in [0.25, 0.3) is 0 Å². The average molecular weight is 240 g/mol. The zero-order chi connectivity index (χ0) is 12.5. The molecule has 3 rings (SSSR count). The van der Waals surface area contributed by atoms with Gasteiger partial charge in [0, 0.05) is 24.2 Å². The van der Waals surface area contributed by atoms with Crippen LogP contribution in [0.2, 0.25) is 0 Å². The van der Waals surface area contributed by atoms with Crippen LogP contribution in [0.3, 0.4) is 0 Å². The molecule has 0 spiro atoms. The molecule has 0 saturated carbocycles. The molecule has 0 atom stereocenters. The molecule has 4 heteroatoms. The lowest BCUT2D eigenvalue weighted by atomic mass is 10.1. The Hall–Kier alpha value is -2.49. The molecular formula is C14H9FN2O. The van der Waals surface area contributed by atoms with Crippen molar-refractivity contribution in [3.63, 3.8) is 0 Å². The number of pyridine rings is 2. The van der Waals surface area contributed by atoms with E-state index in [0.717, 1.165) is 5.52 Å². The Morgan fingerprint density at radius 3 is 2.67 bits per heavy atom. The van der Waals surface area contributed by atoms with Crippen molar-refractivity contribution in [2.24, 2.45) is 0 Å². The normalized spacial score (nSPS) is 10.7. The van der Waals surface area contributed by atoms with E-state index >= 15 is 0 Å². The summed E-state index contributed by atoms with van der Waals surface area (Å²) in [6.07, 6.45) is 4.79. The Morgan fingerprint density at radius 2 is 1.89 bits per heavy atom. The van der Waals surface area contributed by atoms with Crippen molar-refractivity contribution in [2.75, 3.05) is 0 Å². The van der Waals surface area contributed by atoms with Crippen molar-refractivity contribution in [2.45, 2.75) is 0 Å². The molecule has 2 aromatic heterocycles. The number of nitrogens with zero attached hydrogens (tertiary/aromatic N) is 1. The van der Waals surface area contributed by atoms with Gasteiger partial charge in [-0.3, -0.25) is 9.78 Å². The maximum Gasteiger partial charge on any atom is 0.198 e. The molecule has 88 valence electrons. The van der Waals surface area contributed by atoms with E-state index in [4.69, 9.17) is 0 Å². The standard InChI is InChI=1S/C14H9FN2O/c15-10-3-1-9(2-4-10)11-8-17-13-5-6-16-7-12(13)14(11)18/h1-8H,(H,17,18). The number of fused-ring (bicyclic) bond motifs is 1. The van der Waals surface area contributed by atoms with E-state index in [1.54, 1.807) is 30.6 Å². The molecule has 0 saturated heterocycles. The fourth-order valence-corrected chi connectivity index (χ4v) is 1.91. The van der Waals surface area contributed by atoms with E-state index in [9.17, 15) is 9.18 Å². The summed E-state index contributed by atoms with van der Waals surface area (Å²) in [6, 6.07) is 7.58. The molecule has 2 heterocycles. The molecule has 3 aromatic rings. The number of aromatic nitrogens is 2. The summed E-state index contributed by atoms with van der Waals surface area (Å²) in [5.41, 5.74) is 1.82. The van der Waals surface area contributed by atoms with Crippen LogP contribution in [0.4, 0.5) is 4.39 Å². The second-order valence-electron chi connectivity index (χ2n) is 3.96. The van der Waals surface area contributed by atoms with Gasteiger partial charge in [-0.05, 0) is 23.8 Å². The van der Waals surface area contributed by atoms with E-state index in [-0.39, 0.29) is 11.2 Å². The zero-order valence-corrected chi connectivity index (χ0v) is 9.35. The molecule has 0 aliphatic carbocycles. The molecule has 0 aliphatic heterocycles. The first-order valence-electron chi connectivity index (χ1n) is 5.47. The fraction of sp³-hybridized carbons (Fsp3) is 0. The van der Waals surface area contributed by atoms with Gasteiger partial charge in [0.2, 0.25) is 0 Å². The number of aromatic amines is 1. The summed E-state index contributed by atoms with van der Waals surface area (Å²) < 4.78 is 12.9.